The summed E-state index contributed by atoms with van der Waals surface area (Å²) in [4.78, 5) is 2.60. The molecule has 3 heteroatoms. The summed E-state index contributed by atoms with van der Waals surface area (Å²) < 4.78 is 5.83. The Morgan fingerprint density at radius 3 is 2.73 bits per heavy atom. The van der Waals surface area contributed by atoms with E-state index in [9.17, 15) is 0 Å². The minimum Gasteiger partial charge on any atom is -0.360 e. The smallest absolute Gasteiger partial charge is 0.124 e. The van der Waals surface area contributed by atoms with Crippen LogP contribution in [0.3, 0.4) is 0 Å². The molecule has 0 bridgehead atoms. The second-order valence-corrected chi connectivity index (χ2v) is 5.22. The van der Waals surface area contributed by atoms with Crippen LogP contribution in [0.25, 0.3) is 0 Å². The van der Waals surface area contributed by atoms with Crippen molar-refractivity contribution in [1.29, 1.82) is 0 Å². The fourth-order valence-corrected chi connectivity index (χ4v) is 2.79. The van der Waals surface area contributed by atoms with Crippen molar-refractivity contribution in [2.75, 3.05) is 13.2 Å². The molecule has 0 saturated carbocycles. The lowest BCUT2D eigenvalue weighted by Crippen LogP contribution is -2.53. The Labute approximate surface area is 93.2 Å². The van der Waals surface area contributed by atoms with Crippen LogP contribution in [0.15, 0.2) is 0 Å². The number of nitrogens with one attached hydrogen (secondary N) is 1. The molecule has 0 radical (unpaired) electrons. The van der Waals surface area contributed by atoms with Gasteiger partial charge in [0.1, 0.15) is 6.23 Å². The third-order valence-corrected chi connectivity index (χ3v) is 3.58. The van der Waals surface area contributed by atoms with E-state index in [4.69, 9.17) is 4.74 Å². The maximum absolute atomic E-state index is 5.83. The molecule has 0 aromatic heterocycles. The number of likely N-dealkylation sites (tertiary alicyclic amines) is 1. The quantitative estimate of drug-likeness (QED) is 0.752. The van der Waals surface area contributed by atoms with E-state index in [1.807, 2.05) is 0 Å². The van der Waals surface area contributed by atoms with Crippen LogP contribution in [-0.4, -0.2) is 42.4 Å². The highest BCUT2D eigenvalue weighted by Crippen LogP contribution is 2.24. The Hall–Kier alpha value is -0.120. The number of rotatable bonds is 2. The fraction of sp³-hybridized carbons (Fsp3) is 1.00. The highest BCUT2D eigenvalue weighted by Gasteiger charge is 2.35. The van der Waals surface area contributed by atoms with E-state index in [2.05, 4.69) is 31.0 Å². The van der Waals surface area contributed by atoms with Gasteiger partial charge in [0.15, 0.2) is 0 Å². The first-order chi connectivity index (χ1) is 7.18. The van der Waals surface area contributed by atoms with Gasteiger partial charge in [-0.1, -0.05) is 6.42 Å². The standard InChI is InChI=1S/C12H24N2O/c1-9(2)14-7-5-4-6-11(14)12-13-10(3)8-15-12/h9-13H,4-8H2,1-3H3. The van der Waals surface area contributed by atoms with E-state index in [-0.39, 0.29) is 6.23 Å². The third kappa shape index (κ3) is 2.52. The molecule has 0 amide bonds. The Kier molecular flexibility index (Phi) is 3.65. The van der Waals surface area contributed by atoms with Crippen LogP contribution in [0.1, 0.15) is 40.0 Å². The molecule has 1 N–H and O–H groups in total. The van der Waals surface area contributed by atoms with Gasteiger partial charge < -0.3 is 4.74 Å². The summed E-state index contributed by atoms with van der Waals surface area (Å²) in [6.45, 7) is 8.88. The zero-order valence-electron chi connectivity index (χ0n) is 10.2. The second kappa shape index (κ2) is 4.81. The van der Waals surface area contributed by atoms with E-state index in [0.29, 0.717) is 18.1 Å². The van der Waals surface area contributed by atoms with Crippen molar-refractivity contribution in [2.24, 2.45) is 0 Å². The predicted octanol–water partition coefficient (Wildman–Crippen LogP) is 1.58. The molecule has 3 unspecified atom stereocenters. The van der Waals surface area contributed by atoms with Crippen molar-refractivity contribution in [2.45, 2.75) is 64.4 Å². The summed E-state index contributed by atoms with van der Waals surface area (Å²) in [5.41, 5.74) is 0. The summed E-state index contributed by atoms with van der Waals surface area (Å²) in [6, 6.07) is 1.74. The molecule has 2 fully saturated rings. The molecule has 0 spiro atoms. The molecule has 0 aromatic rings. The van der Waals surface area contributed by atoms with Gasteiger partial charge in [-0.3, -0.25) is 10.2 Å². The van der Waals surface area contributed by atoms with Gasteiger partial charge in [0.2, 0.25) is 0 Å². The molecule has 15 heavy (non-hydrogen) atoms. The Morgan fingerprint density at radius 2 is 2.13 bits per heavy atom. The first-order valence-corrected chi connectivity index (χ1v) is 6.32. The van der Waals surface area contributed by atoms with Gasteiger partial charge in [-0.25, -0.2) is 0 Å². The Bertz CT molecular complexity index is 208. The van der Waals surface area contributed by atoms with Gasteiger partial charge in [0.25, 0.3) is 0 Å². The Morgan fingerprint density at radius 1 is 1.33 bits per heavy atom. The second-order valence-electron chi connectivity index (χ2n) is 5.22. The Balaban J connectivity index is 1.98. The summed E-state index contributed by atoms with van der Waals surface area (Å²) in [5, 5.41) is 3.54. The van der Waals surface area contributed by atoms with Crippen LogP contribution in [0.4, 0.5) is 0 Å². The molecule has 88 valence electrons. The summed E-state index contributed by atoms with van der Waals surface area (Å²) in [7, 11) is 0. The highest BCUT2D eigenvalue weighted by molar-refractivity contribution is 4.88. The SMILES string of the molecule is CC1COC(C2CCCCN2C(C)C)N1. The van der Waals surface area contributed by atoms with Gasteiger partial charge in [-0.2, -0.15) is 0 Å². The molecule has 3 nitrogen and oxygen atoms in total. The first-order valence-electron chi connectivity index (χ1n) is 6.32. The maximum Gasteiger partial charge on any atom is 0.124 e. The summed E-state index contributed by atoms with van der Waals surface area (Å²) in [6.07, 6.45) is 4.24. The van der Waals surface area contributed by atoms with Crippen LogP contribution in [0, 0.1) is 0 Å². The average molecular weight is 212 g/mol. The van der Waals surface area contributed by atoms with E-state index in [0.717, 1.165) is 6.61 Å². The first kappa shape index (κ1) is 11.4. The minimum absolute atomic E-state index is 0.266. The van der Waals surface area contributed by atoms with Crippen molar-refractivity contribution in [3.8, 4) is 0 Å². The lowest BCUT2D eigenvalue weighted by molar-refractivity contribution is -0.0159. The van der Waals surface area contributed by atoms with E-state index >= 15 is 0 Å². The van der Waals surface area contributed by atoms with Crippen molar-refractivity contribution in [3.05, 3.63) is 0 Å². The number of ether oxygens (including phenoxy) is 1. The van der Waals surface area contributed by atoms with Crippen LogP contribution in [0.2, 0.25) is 0 Å². The largest absolute Gasteiger partial charge is 0.360 e. The molecular weight excluding hydrogens is 188 g/mol. The molecule has 2 rings (SSSR count). The number of nitrogens with zero attached hydrogens (tertiary/aromatic N) is 1. The van der Waals surface area contributed by atoms with Gasteiger partial charge in [0.05, 0.1) is 6.61 Å². The van der Waals surface area contributed by atoms with Crippen molar-refractivity contribution in [1.82, 2.24) is 10.2 Å². The minimum atomic E-state index is 0.266. The van der Waals surface area contributed by atoms with Crippen LogP contribution in [-0.2, 0) is 4.74 Å². The van der Waals surface area contributed by atoms with Gasteiger partial charge >= 0.3 is 0 Å². The van der Waals surface area contributed by atoms with Crippen LogP contribution < -0.4 is 5.32 Å². The van der Waals surface area contributed by atoms with E-state index in [1.54, 1.807) is 0 Å². The topological polar surface area (TPSA) is 24.5 Å². The molecule has 2 aliphatic rings. The predicted molar refractivity (Wildman–Crippen MR) is 61.8 cm³/mol. The molecule has 3 atom stereocenters. The molecule has 0 aliphatic carbocycles. The summed E-state index contributed by atoms with van der Waals surface area (Å²) in [5.74, 6) is 0. The summed E-state index contributed by atoms with van der Waals surface area (Å²) >= 11 is 0. The van der Waals surface area contributed by atoms with E-state index < -0.39 is 0 Å². The zero-order chi connectivity index (χ0) is 10.8. The van der Waals surface area contributed by atoms with Crippen molar-refractivity contribution in [3.63, 3.8) is 0 Å². The molecule has 2 heterocycles. The highest BCUT2D eigenvalue weighted by atomic mass is 16.5. The van der Waals surface area contributed by atoms with Gasteiger partial charge in [-0.15, -0.1) is 0 Å². The van der Waals surface area contributed by atoms with Crippen molar-refractivity contribution >= 4 is 0 Å². The lowest BCUT2D eigenvalue weighted by Gasteiger charge is -2.41. The average Bonchev–Trinajstić information content (AvgIpc) is 2.65. The van der Waals surface area contributed by atoms with E-state index in [1.165, 1.54) is 25.8 Å². The number of hydrogen-bond donors (Lipinski definition) is 1. The molecule has 2 aliphatic heterocycles. The zero-order valence-corrected chi connectivity index (χ0v) is 10.2. The van der Waals surface area contributed by atoms with Crippen LogP contribution >= 0.6 is 0 Å². The number of hydrogen-bond acceptors (Lipinski definition) is 3. The molecule has 0 aromatic carbocycles. The lowest BCUT2D eigenvalue weighted by atomic mass is 9.99. The third-order valence-electron chi connectivity index (χ3n) is 3.58. The normalized spacial score (nSPS) is 38.8. The van der Waals surface area contributed by atoms with Crippen molar-refractivity contribution < 1.29 is 4.74 Å². The van der Waals surface area contributed by atoms with Gasteiger partial charge in [0, 0.05) is 18.1 Å². The monoisotopic (exact) mass is 212 g/mol. The molecule has 2 saturated heterocycles. The van der Waals surface area contributed by atoms with Gasteiger partial charge in [-0.05, 0) is 40.2 Å². The van der Waals surface area contributed by atoms with Crippen LogP contribution in [0.5, 0.6) is 0 Å². The fourth-order valence-electron chi connectivity index (χ4n) is 2.79. The molecular formula is C12H24N2O. The maximum atomic E-state index is 5.83. The number of piperidine rings is 1.